The number of ether oxygens (including phenoxy) is 2. The maximum atomic E-state index is 12.9. The third-order valence-electron chi connectivity index (χ3n) is 5.06. The van der Waals surface area contributed by atoms with Gasteiger partial charge < -0.3 is 14.8 Å². The van der Waals surface area contributed by atoms with Crippen molar-refractivity contribution in [2.24, 2.45) is 0 Å². The highest BCUT2D eigenvalue weighted by atomic mass is 16.5. The number of amides is 1. The molecule has 4 nitrogen and oxygen atoms in total. The van der Waals surface area contributed by atoms with E-state index in [9.17, 15) is 4.79 Å². The van der Waals surface area contributed by atoms with Gasteiger partial charge in [-0.25, -0.2) is 0 Å². The number of carbonyl (C=O) groups is 1. The minimum absolute atomic E-state index is 0.173. The number of rotatable bonds is 5. The minimum Gasteiger partial charge on any atom is -0.497 e. The largest absolute Gasteiger partial charge is 0.497 e. The molecule has 3 aromatic carbocycles. The van der Waals surface area contributed by atoms with E-state index in [1.165, 1.54) is 0 Å². The Morgan fingerprint density at radius 1 is 0.897 bits per heavy atom. The fourth-order valence-corrected chi connectivity index (χ4v) is 3.51. The highest BCUT2D eigenvalue weighted by Crippen LogP contribution is 2.31. The van der Waals surface area contributed by atoms with Crippen LogP contribution in [0.1, 0.15) is 23.2 Å². The molecule has 0 heterocycles. The molecule has 0 aromatic heterocycles. The second-order valence-electron chi connectivity index (χ2n) is 6.94. The van der Waals surface area contributed by atoms with Gasteiger partial charge >= 0.3 is 0 Å². The van der Waals surface area contributed by atoms with Gasteiger partial charge in [0, 0.05) is 5.70 Å². The van der Waals surface area contributed by atoms with Crippen LogP contribution in [-0.4, -0.2) is 20.1 Å². The Morgan fingerprint density at radius 2 is 1.76 bits per heavy atom. The number of benzene rings is 3. The molecule has 3 aromatic rings. The first-order chi connectivity index (χ1) is 14.2. The van der Waals surface area contributed by atoms with Crippen LogP contribution in [0, 0.1) is 0 Å². The zero-order valence-electron chi connectivity index (χ0n) is 16.6. The molecule has 4 rings (SSSR count). The molecular weight excluding hydrogens is 362 g/mol. The van der Waals surface area contributed by atoms with Crippen LogP contribution in [0.5, 0.6) is 11.5 Å². The molecule has 1 N–H and O–H groups in total. The van der Waals surface area contributed by atoms with Crippen molar-refractivity contribution in [1.82, 2.24) is 5.32 Å². The average Bonchev–Trinajstić information content (AvgIpc) is 2.78. The zero-order chi connectivity index (χ0) is 20.2. The molecule has 0 unspecified atom stereocenters. The Kier molecular flexibility index (Phi) is 5.34. The Morgan fingerprint density at radius 3 is 2.52 bits per heavy atom. The number of carbonyl (C=O) groups excluding carboxylic acids is 1. The monoisotopic (exact) mass is 385 g/mol. The van der Waals surface area contributed by atoms with Crippen molar-refractivity contribution in [2.75, 3.05) is 14.2 Å². The van der Waals surface area contributed by atoms with Crippen LogP contribution < -0.4 is 14.8 Å². The maximum absolute atomic E-state index is 12.9. The van der Waals surface area contributed by atoms with E-state index in [-0.39, 0.29) is 5.91 Å². The van der Waals surface area contributed by atoms with E-state index in [1.54, 1.807) is 14.2 Å². The van der Waals surface area contributed by atoms with Crippen LogP contribution in [0.15, 0.2) is 78.5 Å². The van der Waals surface area contributed by atoms with E-state index in [0.717, 1.165) is 46.2 Å². The normalized spacial score (nSPS) is 13.1. The molecule has 0 bridgehead atoms. The van der Waals surface area contributed by atoms with E-state index in [2.05, 4.69) is 23.5 Å². The second-order valence-corrected chi connectivity index (χ2v) is 6.94. The van der Waals surface area contributed by atoms with Crippen molar-refractivity contribution in [3.8, 4) is 22.6 Å². The molecule has 146 valence electrons. The van der Waals surface area contributed by atoms with Gasteiger partial charge in [-0.05, 0) is 71.1 Å². The van der Waals surface area contributed by atoms with E-state index in [4.69, 9.17) is 9.47 Å². The van der Waals surface area contributed by atoms with E-state index >= 15 is 0 Å². The summed E-state index contributed by atoms with van der Waals surface area (Å²) >= 11 is 0. The standard InChI is InChI=1S/C25H23NO3/c1-28-22-10-6-7-17(14-22)18-11-12-19-16-24(29-2)23(15-20(19)13-18)25(27)26-21-8-4-3-5-9-21/h4,6-16H,3,5H2,1-2H3,(H,26,27). The summed E-state index contributed by atoms with van der Waals surface area (Å²) in [5, 5.41) is 4.97. The Balaban J connectivity index is 1.73. The summed E-state index contributed by atoms with van der Waals surface area (Å²) in [5.74, 6) is 1.20. The minimum atomic E-state index is -0.173. The quantitative estimate of drug-likeness (QED) is 0.632. The third kappa shape index (κ3) is 4.02. The molecule has 1 aliphatic rings. The van der Waals surface area contributed by atoms with Gasteiger partial charge in [-0.3, -0.25) is 4.79 Å². The fraction of sp³-hybridized carbons (Fsp3) is 0.160. The van der Waals surface area contributed by atoms with Crippen molar-refractivity contribution < 1.29 is 14.3 Å². The zero-order valence-corrected chi connectivity index (χ0v) is 16.6. The van der Waals surface area contributed by atoms with E-state index in [0.29, 0.717) is 11.3 Å². The Bertz CT molecular complexity index is 1130. The number of hydrogen-bond donors (Lipinski definition) is 1. The molecule has 0 fully saturated rings. The summed E-state index contributed by atoms with van der Waals surface area (Å²) in [7, 11) is 3.25. The van der Waals surface area contributed by atoms with Crippen molar-refractivity contribution in [3.63, 3.8) is 0 Å². The van der Waals surface area contributed by atoms with Crippen LogP contribution in [0.4, 0.5) is 0 Å². The van der Waals surface area contributed by atoms with Crippen LogP contribution in [0.3, 0.4) is 0 Å². The van der Waals surface area contributed by atoms with Gasteiger partial charge in [0.2, 0.25) is 0 Å². The number of fused-ring (bicyclic) bond motifs is 1. The van der Waals surface area contributed by atoms with Gasteiger partial charge in [0.1, 0.15) is 11.5 Å². The molecular formula is C25H23NO3. The topological polar surface area (TPSA) is 47.6 Å². The first-order valence-electron chi connectivity index (χ1n) is 9.62. The molecule has 1 amide bonds. The van der Waals surface area contributed by atoms with Crippen LogP contribution >= 0.6 is 0 Å². The Hall–Kier alpha value is -3.53. The molecule has 0 atom stereocenters. The lowest BCUT2D eigenvalue weighted by atomic mass is 9.99. The summed E-state index contributed by atoms with van der Waals surface area (Å²) in [5.41, 5.74) is 3.47. The van der Waals surface area contributed by atoms with E-state index < -0.39 is 0 Å². The average molecular weight is 385 g/mol. The lowest BCUT2D eigenvalue weighted by molar-refractivity contribution is 0.0964. The van der Waals surface area contributed by atoms with Gasteiger partial charge in [0.15, 0.2) is 0 Å². The van der Waals surface area contributed by atoms with Crippen LogP contribution in [-0.2, 0) is 0 Å². The summed E-state index contributed by atoms with van der Waals surface area (Å²) in [6, 6.07) is 17.9. The summed E-state index contributed by atoms with van der Waals surface area (Å²) in [6.07, 6.45) is 7.98. The smallest absolute Gasteiger partial charge is 0.259 e. The molecule has 1 aliphatic carbocycles. The first kappa shape index (κ1) is 18.8. The van der Waals surface area contributed by atoms with Crippen molar-refractivity contribution in [2.45, 2.75) is 12.8 Å². The first-order valence-corrected chi connectivity index (χ1v) is 9.62. The predicted octanol–water partition coefficient (Wildman–Crippen LogP) is 5.49. The van der Waals surface area contributed by atoms with Crippen molar-refractivity contribution in [1.29, 1.82) is 0 Å². The summed E-state index contributed by atoms with van der Waals surface area (Å²) in [6.45, 7) is 0. The Labute approximate surface area is 170 Å². The van der Waals surface area contributed by atoms with Gasteiger partial charge in [-0.2, -0.15) is 0 Å². The molecule has 0 spiro atoms. The highest BCUT2D eigenvalue weighted by Gasteiger charge is 2.15. The van der Waals surface area contributed by atoms with Crippen LogP contribution in [0.25, 0.3) is 21.9 Å². The molecule has 0 saturated carbocycles. The van der Waals surface area contributed by atoms with Crippen molar-refractivity contribution in [3.05, 3.63) is 84.1 Å². The molecule has 0 saturated heterocycles. The molecule has 4 heteroatoms. The molecule has 0 aliphatic heterocycles. The summed E-state index contributed by atoms with van der Waals surface area (Å²) in [4.78, 5) is 12.9. The maximum Gasteiger partial charge on any atom is 0.259 e. The fourth-order valence-electron chi connectivity index (χ4n) is 3.51. The van der Waals surface area contributed by atoms with Gasteiger partial charge in [-0.1, -0.05) is 36.4 Å². The van der Waals surface area contributed by atoms with Gasteiger partial charge in [0.25, 0.3) is 5.91 Å². The van der Waals surface area contributed by atoms with Gasteiger partial charge in [0.05, 0.1) is 19.8 Å². The lowest BCUT2D eigenvalue weighted by Gasteiger charge is -2.13. The number of nitrogens with one attached hydrogen (secondary N) is 1. The number of allylic oxidation sites excluding steroid dienone is 3. The molecule has 0 radical (unpaired) electrons. The number of methoxy groups -OCH3 is 2. The van der Waals surface area contributed by atoms with Crippen molar-refractivity contribution >= 4 is 16.7 Å². The number of hydrogen-bond acceptors (Lipinski definition) is 3. The highest BCUT2D eigenvalue weighted by molar-refractivity contribution is 6.03. The lowest BCUT2D eigenvalue weighted by Crippen LogP contribution is -2.23. The molecule has 29 heavy (non-hydrogen) atoms. The SMILES string of the molecule is COc1cccc(-c2ccc3cc(OC)c(C(=O)NC4=CCCC=C4)cc3c2)c1. The third-order valence-corrected chi connectivity index (χ3v) is 5.06. The summed E-state index contributed by atoms with van der Waals surface area (Å²) < 4.78 is 10.8. The van der Waals surface area contributed by atoms with Crippen LogP contribution in [0.2, 0.25) is 0 Å². The second kappa shape index (κ2) is 8.23. The van der Waals surface area contributed by atoms with E-state index in [1.807, 2.05) is 54.6 Å². The van der Waals surface area contributed by atoms with Gasteiger partial charge in [-0.15, -0.1) is 0 Å². The predicted molar refractivity (Wildman–Crippen MR) is 116 cm³/mol.